The lowest BCUT2D eigenvalue weighted by molar-refractivity contribution is -0.158. The molecule has 1 saturated heterocycles. The van der Waals surface area contributed by atoms with Gasteiger partial charge in [0.15, 0.2) is 5.72 Å². The highest BCUT2D eigenvalue weighted by Crippen LogP contribution is 2.38. The summed E-state index contributed by atoms with van der Waals surface area (Å²) in [5.74, 6) is -3.29. The van der Waals surface area contributed by atoms with Gasteiger partial charge in [-0.1, -0.05) is 78.7 Å². The number of carbonyl (C=O) groups is 8. The van der Waals surface area contributed by atoms with Crippen molar-refractivity contribution in [2.45, 2.75) is 148 Å². The Morgan fingerprint density at radius 1 is 0.964 bits per heavy atom. The number of alkyl carbamates (subject to hydrolysis) is 1. The maximum absolute atomic E-state index is 14.4. The highest BCUT2D eigenvalue weighted by atomic mass is 79.9. The number of unbranched alkanes of at least 4 members (excludes halogenated alkanes) is 2. The number of primary amides is 1. The smallest absolute Gasteiger partial charge is 0.412 e. The number of ether oxygens (including phenoxy) is 7. The van der Waals surface area contributed by atoms with Crippen molar-refractivity contribution in [1.29, 1.82) is 0 Å². The molecular formula is C58H82BrClN8O16. The number of hydrogen-bond acceptors (Lipinski definition) is 16. The van der Waals surface area contributed by atoms with Crippen LogP contribution in [0.1, 0.15) is 98.5 Å². The fourth-order valence-corrected chi connectivity index (χ4v) is 9.72. The summed E-state index contributed by atoms with van der Waals surface area (Å²) in [6.45, 7) is 14.3. The Labute approximate surface area is 504 Å². The van der Waals surface area contributed by atoms with Crippen LogP contribution in [0.25, 0.3) is 0 Å². The first-order valence-corrected chi connectivity index (χ1v) is 29.1. The van der Waals surface area contributed by atoms with Crippen LogP contribution in [-0.2, 0) is 54.1 Å². The van der Waals surface area contributed by atoms with E-state index in [1.165, 1.54) is 51.5 Å². The number of hydrogen-bond donors (Lipinski definition) is 8. The lowest BCUT2D eigenvalue weighted by atomic mass is 9.88. The Morgan fingerprint density at radius 3 is 2.33 bits per heavy atom. The minimum absolute atomic E-state index is 0.0314. The maximum atomic E-state index is 14.4. The monoisotopic (exact) mass is 1260 g/mol. The third kappa shape index (κ3) is 21.0. The van der Waals surface area contributed by atoms with E-state index in [1.54, 1.807) is 58.9 Å². The first-order chi connectivity index (χ1) is 39.7. The molecule has 2 aromatic carbocycles. The number of benzene rings is 2. The molecule has 24 nitrogen and oxygen atoms in total. The summed E-state index contributed by atoms with van der Waals surface area (Å²) in [6.07, 6.45) is 0.237. The van der Waals surface area contributed by atoms with Crippen LogP contribution >= 0.6 is 27.5 Å². The number of amides is 8. The first kappa shape index (κ1) is 69.6. The molecule has 0 radical (unpaired) electrons. The molecule has 1 fully saturated rings. The number of halogens is 2. The molecule has 0 aromatic heterocycles. The number of alkyl halides is 1. The average molecular weight is 1260 g/mol. The number of urea groups is 1. The molecule has 84 heavy (non-hydrogen) atoms. The maximum Gasteiger partial charge on any atom is 0.412 e. The number of esters is 1. The van der Waals surface area contributed by atoms with Gasteiger partial charge in [0, 0.05) is 62.1 Å². The lowest BCUT2D eigenvalue weighted by Crippen LogP contribution is -2.63. The Balaban J connectivity index is 1.56. The second kappa shape index (κ2) is 33.5. The van der Waals surface area contributed by atoms with Crippen LogP contribution in [0.15, 0.2) is 66.3 Å². The number of nitrogens with two attached hydrogens (primary N) is 1. The molecule has 464 valence electrons. The SMILES string of the molecule is C=C(CBr)C(=O)OCCCCCC(=O)N[C@H](C(=O)N[C@@H](CCCNC(N)=O)C(=O)Nc1ccc(NC(=O)O[C@H]2CC(=O)N(C)c3cc(cc(OC)c3Cl)C/C(C)=C/C=C/[C@@H](OC)[C@@]3(O)C[C@H](OC(=O)N3)[C@@H](C)[C@@H](C)OC2C)cc1OC)C(C)C. The van der Waals surface area contributed by atoms with Crippen LogP contribution in [0.2, 0.25) is 5.02 Å². The zero-order chi connectivity index (χ0) is 62.4. The predicted molar refractivity (Wildman–Crippen MR) is 319 cm³/mol. The van der Waals surface area contributed by atoms with Crippen molar-refractivity contribution in [3.63, 3.8) is 0 Å². The predicted octanol–water partition coefficient (Wildman–Crippen LogP) is 7.09. The number of aliphatic hydroxyl groups is 1. The number of carbonyl (C=O) groups excluding carboxylic acids is 8. The van der Waals surface area contributed by atoms with Crippen LogP contribution in [0.4, 0.5) is 31.4 Å². The third-order valence-corrected chi connectivity index (χ3v) is 15.3. The molecule has 2 aliphatic heterocycles. The van der Waals surface area contributed by atoms with Gasteiger partial charge in [-0.3, -0.25) is 29.8 Å². The molecule has 9 N–H and O–H groups in total. The van der Waals surface area contributed by atoms with Crippen molar-refractivity contribution >= 4 is 92.4 Å². The Hall–Kier alpha value is -6.93. The van der Waals surface area contributed by atoms with Crippen LogP contribution in [0.3, 0.4) is 0 Å². The summed E-state index contributed by atoms with van der Waals surface area (Å²) >= 11 is 9.99. The van der Waals surface area contributed by atoms with Crippen molar-refractivity contribution in [1.82, 2.24) is 21.3 Å². The van der Waals surface area contributed by atoms with Gasteiger partial charge in [0.05, 0.1) is 50.8 Å². The zero-order valence-corrected chi connectivity index (χ0v) is 51.7. The first-order valence-electron chi connectivity index (χ1n) is 27.6. The number of nitrogens with zero attached hydrogens (tertiary/aromatic N) is 1. The summed E-state index contributed by atoms with van der Waals surface area (Å²) < 4.78 is 40.2. The number of allylic oxidation sites excluding steroid dienone is 3. The molecule has 9 atom stereocenters. The molecule has 2 heterocycles. The van der Waals surface area contributed by atoms with Gasteiger partial charge >= 0.3 is 24.2 Å². The Kier molecular flexibility index (Phi) is 27.8. The van der Waals surface area contributed by atoms with Crippen LogP contribution in [0, 0.1) is 11.8 Å². The van der Waals surface area contributed by atoms with Crippen LogP contribution in [-0.4, -0.2) is 148 Å². The largest absolute Gasteiger partial charge is 0.495 e. The second-order valence-electron chi connectivity index (χ2n) is 21.1. The van der Waals surface area contributed by atoms with Gasteiger partial charge in [-0.15, -0.1) is 0 Å². The number of rotatable bonds is 23. The molecule has 2 aliphatic rings. The van der Waals surface area contributed by atoms with Crippen LogP contribution < -0.4 is 52.0 Å². The number of nitrogens with one attached hydrogen (secondary N) is 6. The summed E-state index contributed by atoms with van der Waals surface area (Å²) in [6, 6.07) is 4.80. The molecule has 1 unspecified atom stereocenters. The molecule has 0 aliphatic carbocycles. The molecular weight excluding hydrogens is 1180 g/mol. The molecule has 8 amide bonds. The zero-order valence-electron chi connectivity index (χ0n) is 49.4. The normalized spacial score (nSPS) is 22.9. The number of anilines is 3. The fraction of sp³-hybridized carbons (Fsp3) is 0.552. The van der Waals surface area contributed by atoms with Crippen LogP contribution in [0.5, 0.6) is 11.5 Å². The van der Waals surface area contributed by atoms with Gasteiger partial charge < -0.3 is 70.2 Å². The van der Waals surface area contributed by atoms with Gasteiger partial charge in [-0.2, -0.15) is 0 Å². The highest BCUT2D eigenvalue weighted by molar-refractivity contribution is 9.09. The van der Waals surface area contributed by atoms with E-state index in [4.69, 9.17) is 50.5 Å². The Bertz CT molecular complexity index is 2730. The molecule has 2 aromatic rings. The van der Waals surface area contributed by atoms with Crippen molar-refractivity contribution < 1.29 is 76.6 Å². The molecule has 0 saturated carbocycles. The standard InChI is InChI=1S/C58H82BrClN8O16/c1-32(2)51(66-48(69)20-13-12-14-24-81-54(73)34(4)31-59)53(72)65-41(18-16-23-62-55(61)74)52(71)64-40-22-21-39(28-44(40)78-9)63-56(75)83-43-29-49(70)68(8)42-26-38(27-45(79-10)50(42)60)25-33(3)17-15-19-47(80-11)58(77)30-46(84-57(76)67-58)35(5)36(6)82-37(43)7/h15,17,19,21-22,26-28,32,35-37,41,43,46-47,51,77H,4,12-14,16,18,20,23-25,29-31H2,1-3,5-11H3,(H,63,75)(H,64,71)(H,65,72)(H,66,69)(H,67,76)(H3,61,62,74)/b19-15+,33-17+/t35-,36+,37?,41-,43-,46-,47+,51-,58-/m0/s1. The van der Waals surface area contributed by atoms with E-state index < -0.39 is 114 Å². The van der Waals surface area contributed by atoms with E-state index in [2.05, 4.69) is 54.4 Å². The summed E-state index contributed by atoms with van der Waals surface area (Å²) in [4.78, 5) is 107. The van der Waals surface area contributed by atoms with Crippen molar-refractivity contribution in [3.05, 3.63) is 76.9 Å². The van der Waals surface area contributed by atoms with E-state index in [-0.39, 0.29) is 61.0 Å². The van der Waals surface area contributed by atoms with E-state index in [9.17, 15) is 43.5 Å². The molecule has 26 heteroatoms. The van der Waals surface area contributed by atoms with Gasteiger partial charge in [0.25, 0.3) is 0 Å². The topological polar surface area (TPSA) is 323 Å². The third-order valence-electron chi connectivity index (χ3n) is 14.2. The molecule has 4 rings (SSSR count). The molecule has 4 bridgehead atoms. The minimum Gasteiger partial charge on any atom is -0.495 e. The lowest BCUT2D eigenvalue weighted by Gasteiger charge is -2.43. The van der Waals surface area contributed by atoms with E-state index in [1.807, 2.05) is 13.0 Å². The quantitative estimate of drug-likeness (QED) is 0.0181. The minimum atomic E-state index is -1.88. The second-order valence-corrected chi connectivity index (χ2v) is 22.0. The van der Waals surface area contributed by atoms with Crippen molar-refractivity contribution in [3.8, 4) is 11.5 Å². The van der Waals surface area contributed by atoms with Crippen molar-refractivity contribution in [2.24, 2.45) is 17.6 Å². The Morgan fingerprint density at radius 2 is 1.68 bits per heavy atom. The fourth-order valence-electron chi connectivity index (χ4n) is 9.18. The average Bonchev–Trinajstić information content (AvgIpc) is 2.70. The van der Waals surface area contributed by atoms with E-state index in [0.717, 1.165) is 11.1 Å². The number of fused-ring (bicyclic) bond motifs is 4. The van der Waals surface area contributed by atoms with E-state index >= 15 is 0 Å². The summed E-state index contributed by atoms with van der Waals surface area (Å²) in [5, 5.41) is 28.2. The highest BCUT2D eigenvalue weighted by Gasteiger charge is 2.47. The van der Waals surface area contributed by atoms with Gasteiger partial charge in [0.2, 0.25) is 23.6 Å². The van der Waals surface area contributed by atoms with Gasteiger partial charge in [-0.05, 0) is 95.0 Å². The van der Waals surface area contributed by atoms with Gasteiger partial charge in [0.1, 0.15) is 46.9 Å². The van der Waals surface area contributed by atoms with E-state index in [0.29, 0.717) is 48.0 Å². The molecule has 0 spiro atoms. The summed E-state index contributed by atoms with van der Waals surface area (Å²) in [5.41, 5.74) is 5.89. The van der Waals surface area contributed by atoms with Gasteiger partial charge in [-0.25, -0.2) is 19.2 Å². The summed E-state index contributed by atoms with van der Waals surface area (Å²) in [7, 11) is 5.73. The number of methoxy groups -OCH3 is 3. The van der Waals surface area contributed by atoms with Crippen molar-refractivity contribution in [2.75, 3.05) is 62.4 Å².